The molecule has 3 aromatic carbocycles. The number of amides is 1. The molecule has 0 saturated heterocycles. The van der Waals surface area contributed by atoms with Crippen molar-refractivity contribution in [1.82, 2.24) is 10.2 Å². The van der Waals surface area contributed by atoms with Crippen LogP contribution < -0.4 is 11.1 Å². The van der Waals surface area contributed by atoms with Gasteiger partial charge in [0.05, 0.1) is 17.5 Å². The number of phenolic OH excluding ortho intramolecular Hbond substituents is 1. The lowest BCUT2D eigenvalue weighted by molar-refractivity contribution is -0.181. The van der Waals surface area contributed by atoms with E-state index in [1.807, 2.05) is 30.3 Å². The van der Waals surface area contributed by atoms with Crippen molar-refractivity contribution in [3.8, 4) is 16.9 Å². The maximum Gasteiger partial charge on any atom is 0.235 e. The van der Waals surface area contributed by atoms with E-state index in [0.717, 1.165) is 16.7 Å². The molecule has 0 aromatic heterocycles. The monoisotopic (exact) mass is 627 g/mol. The first-order chi connectivity index (χ1) is 21.8. The highest BCUT2D eigenvalue weighted by Crippen LogP contribution is 2.51. The van der Waals surface area contributed by atoms with Crippen LogP contribution in [0.2, 0.25) is 0 Å². The maximum absolute atomic E-state index is 14.0. The zero-order chi connectivity index (χ0) is 33.1. The number of benzene rings is 3. The highest BCUT2D eigenvalue weighted by atomic mass is 19.1. The number of likely N-dealkylation sites (N-methyl/N-ethyl adjacent to an activating group) is 1. The van der Waals surface area contributed by atoms with E-state index in [4.69, 9.17) is 5.73 Å². The Morgan fingerprint density at radius 1 is 1.00 bits per heavy atom. The number of Topliss-reactive ketones (excluding diaryl/α,β-unsaturated/α-hetero) is 4. The smallest absolute Gasteiger partial charge is 0.235 e. The van der Waals surface area contributed by atoms with E-state index in [1.54, 1.807) is 26.2 Å². The molecule has 0 radical (unpaired) electrons. The second-order valence-corrected chi connectivity index (χ2v) is 12.7. The molecule has 0 aliphatic heterocycles. The van der Waals surface area contributed by atoms with E-state index < -0.39 is 64.4 Å². The van der Waals surface area contributed by atoms with Crippen molar-refractivity contribution >= 4 is 29.0 Å². The molecule has 238 valence electrons. The Labute approximate surface area is 264 Å². The van der Waals surface area contributed by atoms with Crippen LogP contribution in [0.25, 0.3) is 11.1 Å². The minimum absolute atomic E-state index is 0.0189. The average Bonchev–Trinajstić information content (AvgIpc) is 2.99. The van der Waals surface area contributed by atoms with Crippen LogP contribution in [0.3, 0.4) is 0 Å². The first kappa shape index (κ1) is 31.4. The molecule has 0 spiro atoms. The number of aliphatic hydroxyl groups is 1. The summed E-state index contributed by atoms with van der Waals surface area (Å²) in [7, 11) is 3.09. The Balaban J connectivity index is 1.31. The lowest BCUT2D eigenvalue weighted by atomic mass is 9.52. The lowest BCUT2D eigenvalue weighted by Gasteiger charge is -2.52. The third-order valence-electron chi connectivity index (χ3n) is 9.76. The molecule has 2 fully saturated rings. The summed E-state index contributed by atoms with van der Waals surface area (Å²) >= 11 is 0. The molecule has 11 heteroatoms. The number of primary amides is 1. The second kappa shape index (κ2) is 11.7. The van der Waals surface area contributed by atoms with Gasteiger partial charge in [-0.25, -0.2) is 4.39 Å². The molecule has 0 bridgehead atoms. The molecular formula is C35H34FN3O7. The standard InChI is InChI=1S/C35H34FN3O7/c1-39(2)29-24-14-20-13-23-22(19-8-6-17(7-9-19)15-38-16-18-4-3-5-21(36)12-18)10-11-25(40)27(23)30(41)26(20)32(43)35(24,46)33(44)28(31(29)42)34(37)45/h3-12,20,24,26,28-29,38,40,46H,13-16H2,1-2H3,(H2,37,45)/t20-,24-,26?,28?,29?,35-/m0/s1. The van der Waals surface area contributed by atoms with Gasteiger partial charge < -0.3 is 21.3 Å². The van der Waals surface area contributed by atoms with Gasteiger partial charge in [0, 0.05) is 19.0 Å². The molecule has 1 amide bonds. The Hall–Kier alpha value is -4.58. The quantitative estimate of drug-likeness (QED) is 0.287. The van der Waals surface area contributed by atoms with Crippen LogP contribution in [0.4, 0.5) is 4.39 Å². The molecule has 3 aliphatic rings. The van der Waals surface area contributed by atoms with Crippen molar-refractivity contribution in [2.75, 3.05) is 14.1 Å². The van der Waals surface area contributed by atoms with Crippen LogP contribution in [-0.2, 0) is 38.7 Å². The fourth-order valence-corrected chi connectivity index (χ4v) is 7.68. The van der Waals surface area contributed by atoms with Gasteiger partial charge in [-0.05, 0) is 78.9 Å². The van der Waals surface area contributed by atoms with Crippen LogP contribution in [0.15, 0.2) is 60.7 Å². The summed E-state index contributed by atoms with van der Waals surface area (Å²) < 4.78 is 13.5. The summed E-state index contributed by atoms with van der Waals surface area (Å²) in [5.41, 5.74) is 6.34. The highest BCUT2D eigenvalue weighted by Gasteiger charge is 2.69. The number of aromatic hydroxyl groups is 1. The number of ketones is 4. The minimum atomic E-state index is -2.76. The van der Waals surface area contributed by atoms with Gasteiger partial charge in [0.25, 0.3) is 0 Å². The molecule has 10 nitrogen and oxygen atoms in total. The molecule has 3 aromatic rings. The third-order valence-corrected chi connectivity index (χ3v) is 9.76. The summed E-state index contributed by atoms with van der Waals surface area (Å²) in [6.07, 6.45) is 0.154. The molecule has 6 atom stereocenters. The summed E-state index contributed by atoms with van der Waals surface area (Å²) in [5, 5.41) is 25.8. The number of carbonyl (C=O) groups is 5. The number of hydrogen-bond donors (Lipinski definition) is 4. The summed E-state index contributed by atoms with van der Waals surface area (Å²) in [4.78, 5) is 68.4. The molecule has 6 rings (SSSR count). The number of halogens is 1. The van der Waals surface area contributed by atoms with Crippen molar-refractivity contribution < 1.29 is 38.6 Å². The number of rotatable bonds is 7. The van der Waals surface area contributed by atoms with Crippen LogP contribution >= 0.6 is 0 Å². The van der Waals surface area contributed by atoms with E-state index in [2.05, 4.69) is 5.32 Å². The first-order valence-electron chi connectivity index (χ1n) is 15.1. The van der Waals surface area contributed by atoms with Crippen molar-refractivity contribution in [2.24, 2.45) is 29.4 Å². The maximum atomic E-state index is 14.0. The summed E-state index contributed by atoms with van der Waals surface area (Å²) in [6.45, 7) is 1.01. The largest absolute Gasteiger partial charge is 0.507 e. The number of nitrogens with one attached hydrogen (secondary N) is 1. The zero-order valence-electron chi connectivity index (χ0n) is 25.3. The van der Waals surface area contributed by atoms with Gasteiger partial charge in [0.2, 0.25) is 5.91 Å². The number of nitrogens with zero attached hydrogens (tertiary/aromatic N) is 1. The van der Waals surface area contributed by atoms with Crippen molar-refractivity contribution in [1.29, 1.82) is 0 Å². The molecule has 5 N–H and O–H groups in total. The summed E-state index contributed by atoms with van der Waals surface area (Å²) in [6, 6.07) is 15.9. The molecular weight excluding hydrogens is 593 g/mol. The minimum Gasteiger partial charge on any atom is -0.507 e. The Kier molecular flexibility index (Phi) is 7.95. The second-order valence-electron chi connectivity index (χ2n) is 12.7. The topological polar surface area (TPSA) is 167 Å². The normalized spacial score (nSPS) is 27.3. The van der Waals surface area contributed by atoms with Crippen LogP contribution in [-0.4, -0.2) is 69.9 Å². The van der Waals surface area contributed by atoms with E-state index in [9.17, 15) is 38.6 Å². The van der Waals surface area contributed by atoms with Gasteiger partial charge in [-0.15, -0.1) is 0 Å². The fourth-order valence-electron chi connectivity index (χ4n) is 7.68. The molecule has 2 saturated carbocycles. The van der Waals surface area contributed by atoms with E-state index in [1.165, 1.54) is 23.1 Å². The Morgan fingerprint density at radius 2 is 1.70 bits per heavy atom. The van der Waals surface area contributed by atoms with Crippen molar-refractivity contribution in [3.05, 3.63) is 88.7 Å². The predicted molar refractivity (Wildman–Crippen MR) is 164 cm³/mol. The van der Waals surface area contributed by atoms with E-state index in [0.29, 0.717) is 24.2 Å². The van der Waals surface area contributed by atoms with Crippen molar-refractivity contribution in [3.63, 3.8) is 0 Å². The molecule has 3 unspecified atom stereocenters. The molecule has 46 heavy (non-hydrogen) atoms. The predicted octanol–water partition coefficient (Wildman–Crippen LogP) is 1.96. The Bertz CT molecular complexity index is 1790. The number of fused-ring (bicyclic) bond motifs is 3. The first-order valence-corrected chi connectivity index (χ1v) is 15.1. The summed E-state index contributed by atoms with van der Waals surface area (Å²) in [5.74, 6) is -11.1. The van der Waals surface area contributed by atoms with Gasteiger partial charge >= 0.3 is 0 Å². The van der Waals surface area contributed by atoms with Gasteiger partial charge in [-0.1, -0.05) is 42.5 Å². The third kappa shape index (κ3) is 4.95. The number of phenols is 1. The van der Waals surface area contributed by atoms with Crippen LogP contribution in [0, 0.1) is 29.5 Å². The lowest BCUT2D eigenvalue weighted by Crippen LogP contribution is -2.74. The van der Waals surface area contributed by atoms with E-state index in [-0.39, 0.29) is 30.0 Å². The van der Waals surface area contributed by atoms with Gasteiger partial charge in [0.15, 0.2) is 34.7 Å². The average molecular weight is 628 g/mol. The highest BCUT2D eigenvalue weighted by molar-refractivity contribution is 6.32. The fraction of sp³-hybridized carbons (Fsp3) is 0.343. The number of carbonyl (C=O) groups excluding carboxylic acids is 5. The Morgan fingerprint density at radius 3 is 2.35 bits per heavy atom. The number of hydrogen-bond acceptors (Lipinski definition) is 9. The van der Waals surface area contributed by atoms with E-state index >= 15 is 0 Å². The van der Waals surface area contributed by atoms with Crippen LogP contribution in [0.1, 0.15) is 33.5 Å². The van der Waals surface area contributed by atoms with Gasteiger partial charge in [-0.3, -0.25) is 28.9 Å². The van der Waals surface area contributed by atoms with Crippen LogP contribution in [0.5, 0.6) is 5.75 Å². The SMILES string of the molecule is CN(C)C1C(=O)C(C(N)=O)C(=O)[C@@]2(O)C(=O)C3C(=O)c4c(O)ccc(-c5ccc(CNCc6cccc(F)c6)cc5)c4C[C@H]3C[C@@H]12. The van der Waals surface area contributed by atoms with Gasteiger partial charge in [0.1, 0.15) is 11.6 Å². The van der Waals surface area contributed by atoms with Crippen molar-refractivity contribution in [2.45, 2.75) is 37.6 Å². The zero-order valence-corrected chi connectivity index (χ0v) is 25.3. The number of nitrogens with two attached hydrogens (primary N) is 1. The van der Waals surface area contributed by atoms with Gasteiger partial charge in [-0.2, -0.15) is 0 Å². The molecule has 0 heterocycles. The molecule has 3 aliphatic carbocycles.